The molecule has 1 amide bonds. The van der Waals surface area contributed by atoms with Crippen LogP contribution in [0.2, 0.25) is 0 Å². The Hall–Kier alpha value is -3.60. The van der Waals surface area contributed by atoms with Crippen LogP contribution in [0.4, 0.5) is 0 Å². The first-order valence-electron chi connectivity index (χ1n) is 7.84. The highest BCUT2D eigenvalue weighted by Crippen LogP contribution is 2.25. The van der Waals surface area contributed by atoms with Crippen LogP contribution in [0.5, 0.6) is 5.75 Å². The van der Waals surface area contributed by atoms with Gasteiger partial charge in [-0.15, -0.1) is 0 Å². The van der Waals surface area contributed by atoms with Crippen molar-refractivity contribution in [1.82, 2.24) is 10.4 Å². The molecule has 1 heterocycles. The van der Waals surface area contributed by atoms with Gasteiger partial charge in [-0.25, -0.2) is 5.43 Å². The predicted molar refractivity (Wildman–Crippen MR) is 99.0 cm³/mol. The number of aromatic amines is 1. The van der Waals surface area contributed by atoms with Gasteiger partial charge in [0.2, 0.25) is 0 Å². The molecule has 0 bridgehead atoms. The largest absolute Gasteiger partial charge is 0.507 e. The number of hydrazone groups is 1. The van der Waals surface area contributed by atoms with E-state index in [1.54, 1.807) is 12.1 Å². The number of rotatable bonds is 3. The van der Waals surface area contributed by atoms with E-state index >= 15 is 0 Å². The zero-order valence-corrected chi connectivity index (χ0v) is 13.2. The average Bonchev–Trinajstić information content (AvgIpc) is 3.08. The van der Waals surface area contributed by atoms with Crippen molar-refractivity contribution in [3.63, 3.8) is 0 Å². The molecule has 0 radical (unpaired) electrons. The fourth-order valence-corrected chi connectivity index (χ4v) is 2.83. The second kappa shape index (κ2) is 6.13. The fraction of sp³-hybridized carbons (Fsp3) is 0. The van der Waals surface area contributed by atoms with Gasteiger partial charge in [0, 0.05) is 16.5 Å². The second-order valence-electron chi connectivity index (χ2n) is 5.69. The van der Waals surface area contributed by atoms with E-state index in [-0.39, 0.29) is 11.7 Å². The third-order valence-electron chi connectivity index (χ3n) is 4.08. The van der Waals surface area contributed by atoms with Gasteiger partial charge in [0.25, 0.3) is 5.91 Å². The van der Waals surface area contributed by atoms with Gasteiger partial charge in [-0.3, -0.25) is 4.79 Å². The topological polar surface area (TPSA) is 77.5 Å². The van der Waals surface area contributed by atoms with Gasteiger partial charge < -0.3 is 10.1 Å². The van der Waals surface area contributed by atoms with E-state index in [4.69, 9.17) is 0 Å². The standard InChI is InChI=1S/C20H15N3O2/c24-19-10-9-13-5-1-3-7-15(13)16(19)12-21-23-20(25)18-11-14-6-2-4-8-17(14)22-18/h1-12,22,24H,(H,23,25)/b21-12+. The molecule has 5 heteroatoms. The molecule has 0 spiro atoms. The minimum atomic E-state index is -0.341. The molecule has 0 aliphatic carbocycles. The number of phenolic OH excluding ortho intramolecular Hbond substituents is 1. The maximum absolute atomic E-state index is 12.2. The number of carbonyl (C=O) groups excluding carboxylic acids is 1. The molecule has 0 unspecified atom stereocenters. The van der Waals surface area contributed by atoms with Gasteiger partial charge in [0.05, 0.1) is 6.21 Å². The molecule has 1 aromatic heterocycles. The zero-order valence-electron chi connectivity index (χ0n) is 13.2. The smallest absolute Gasteiger partial charge is 0.287 e. The van der Waals surface area contributed by atoms with Crippen molar-refractivity contribution in [1.29, 1.82) is 0 Å². The van der Waals surface area contributed by atoms with Gasteiger partial charge in [0.1, 0.15) is 11.4 Å². The van der Waals surface area contributed by atoms with Crippen molar-refractivity contribution in [2.24, 2.45) is 5.10 Å². The summed E-state index contributed by atoms with van der Waals surface area (Å²) in [7, 11) is 0. The van der Waals surface area contributed by atoms with Crippen LogP contribution in [0.15, 0.2) is 71.8 Å². The summed E-state index contributed by atoms with van der Waals surface area (Å²) in [6.45, 7) is 0. The molecule has 3 N–H and O–H groups in total. The van der Waals surface area contributed by atoms with E-state index in [9.17, 15) is 9.90 Å². The van der Waals surface area contributed by atoms with E-state index < -0.39 is 0 Å². The van der Waals surface area contributed by atoms with Gasteiger partial charge in [-0.05, 0) is 29.0 Å². The number of nitrogens with zero attached hydrogens (tertiary/aromatic N) is 1. The molecule has 5 nitrogen and oxygen atoms in total. The van der Waals surface area contributed by atoms with E-state index in [0.717, 1.165) is 21.7 Å². The van der Waals surface area contributed by atoms with E-state index in [0.29, 0.717) is 11.3 Å². The van der Waals surface area contributed by atoms with Crippen LogP contribution in [-0.4, -0.2) is 22.2 Å². The van der Waals surface area contributed by atoms with Crippen molar-refractivity contribution < 1.29 is 9.90 Å². The van der Waals surface area contributed by atoms with Gasteiger partial charge in [-0.1, -0.05) is 48.5 Å². The quantitative estimate of drug-likeness (QED) is 0.395. The van der Waals surface area contributed by atoms with E-state index in [2.05, 4.69) is 15.5 Å². The average molecular weight is 329 g/mol. The molecule has 25 heavy (non-hydrogen) atoms. The third kappa shape index (κ3) is 2.83. The highest BCUT2D eigenvalue weighted by molar-refractivity contribution is 6.03. The Morgan fingerprint density at radius 2 is 1.76 bits per heavy atom. The Labute approximate surface area is 143 Å². The van der Waals surface area contributed by atoms with Crippen molar-refractivity contribution in [2.75, 3.05) is 0 Å². The molecule has 0 aliphatic rings. The summed E-state index contributed by atoms with van der Waals surface area (Å²) in [6.07, 6.45) is 1.46. The summed E-state index contributed by atoms with van der Waals surface area (Å²) in [6, 6.07) is 20.6. The molecular formula is C20H15N3O2. The number of hydrogen-bond acceptors (Lipinski definition) is 3. The Kier molecular flexibility index (Phi) is 3.67. The first-order valence-corrected chi connectivity index (χ1v) is 7.84. The number of para-hydroxylation sites is 1. The number of phenols is 1. The van der Waals surface area contributed by atoms with Crippen LogP contribution in [0.1, 0.15) is 16.1 Å². The normalized spacial score (nSPS) is 11.4. The summed E-state index contributed by atoms with van der Waals surface area (Å²) in [5.74, 6) is -0.227. The van der Waals surface area contributed by atoms with Gasteiger partial charge >= 0.3 is 0 Å². The molecule has 0 atom stereocenters. The number of nitrogens with one attached hydrogen (secondary N) is 2. The van der Waals surface area contributed by atoms with Crippen LogP contribution in [0.25, 0.3) is 21.7 Å². The number of hydrogen-bond donors (Lipinski definition) is 3. The molecule has 0 saturated carbocycles. The zero-order chi connectivity index (χ0) is 17.2. The number of amides is 1. The highest BCUT2D eigenvalue weighted by atomic mass is 16.3. The van der Waals surface area contributed by atoms with E-state index in [1.807, 2.05) is 54.6 Å². The predicted octanol–water partition coefficient (Wildman–Crippen LogP) is 3.79. The lowest BCUT2D eigenvalue weighted by Gasteiger charge is -2.04. The molecule has 4 aromatic rings. The number of aromatic nitrogens is 1. The first-order chi connectivity index (χ1) is 12.2. The Morgan fingerprint density at radius 3 is 2.60 bits per heavy atom. The summed E-state index contributed by atoms with van der Waals surface area (Å²) in [5.41, 5.74) is 4.38. The third-order valence-corrected chi connectivity index (χ3v) is 4.08. The number of carbonyl (C=O) groups is 1. The maximum Gasteiger partial charge on any atom is 0.287 e. The van der Waals surface area contributed by atoms with Crippen LogP contribution in [0.3, 0.4) is 0 Å². The maximum atomic E-state index is 12.2. The van der Waals surface area contributed by atoms with Crippen molar-refractivity contribution in [2.45, 2.75) is 0 Å². The molecule has 0 aliphatic heterocycles. The monoisotopic (exact) mass is 329 g/mol. The lowest BCUT2D eigenvalue weighted by atomic mass is 10.0. The molecule has 0 fully saturated rings. The highest BCUT2D eigenvalue weighted by Gasteiger charge is 2.09. The summed E-state index contributed by atoms with van der Waals surface area (Å²) >= 11 is 0. The minimum absolute atomic E-state index is 0.113. The van der Waals surface area contributed by atoms with Gasteiger partial charge in [0.15, 0.2) is 0 Å². The number of fused-ring (bicyclic) bond motifs is 2. The molecular weight excluding hydrogens is 314 g/mol. The van der Waals surface area contributed by atoms with Crippen molar-refractivity contribution in [3.8, 4) is 5.75 Å². The van der Waals surface area contributed by atoms with Crippen LogP contribution in [-0.2, 0) is 0 Å². The number of aromatic hydroxyl groups is 1. The minimum Gasteiger partial charge on any atom is -0.507 e. The lowest BCUT2D eigenvalue weighted by Crippen LogP contribution is -2.17. The van der Waals surface area contributed by atoms with Crippen LogP contribution >= 0.6 is 0 Å². The van der Waals surface area contributed by atoms with Gasteiger partial charge in [-0.2, -0.15) is 5.10 Å². The summed E-state index contributed by atoms with van der Waals surface area (Å²) < 4.78 is 0. The SMILES string of the molecule is O=C(N/N=C/c1c(O)ccc2ccccc12)c1cc2ccccc2[nH]1. The second-order valence-corrected chi connectivity index (χ2v) is 5.69. The number of H-pyrrole nitrogens is 1. The Morgan fingerprint density at radius 1 is 1.00 bits per heavy atom. The number of benzene rings is 3. The van der Waals surface area contributed by atoms with Crippen molar-refractivity contribution in [3.05, 3.63) is 78.0 Å². The molecule has 4 rings (SSSR count). The van der Waals surface area contributed by atoms with Crippen LogP contribution < -0.4 is 5.43 Å². The molecule has 0 saturated heterocycles. The molecule has 3 aromatic carbocycles. The summed E-state index contributed by atoms with van der Waals surface area (Å²) in [5, 5.41) is 16.9. The lowest BCUT2D eigenvalue weighted by molar-refractivity contribution is 0.0951. The summed E-state index contributed by atoms with van der Waals surface area (Å²) in [4.78, 5) is 15.3. The van der Waals surface area contributed by atoms with Crippen LogP contribution in [0, 0.1) is 0 Å². The first kappa shape index (κ1) is 15.0. The van der Waals surface area contributed by atoms with E-state index in [1.165, 1.54) is 6.21 Å². The molecule has 122 valence electrons. The fourth-order valence-electron chi connectivity index (χ4n) is 2.83. The van der Waals surface area contributed by atoms with Crippen molar-refractivity contribution >= 4 is 33.8 Å². The Balaban J connectivity index is 1.58. The Bertz CT molecular complexity index is 1080.